The Morgan fingerprint density at radius 3 is 2.50 bits per heavy atom. The summed E-state index contributed by atoms with van der Waals surface area (Å²) in [6.07, 6.45) is 0. The number of allylic oxidation sites excluding steroid dienone is 1. The molecule has 0 aromatic heterocycles. The van der Waals surface area contributed by atoms with Gasteiger partial charge in [-0.1, -0.05) is 12.1 Å². The summed E-state index contributed by atoms with van der Waals surface area (Å²) in [4.78, 5) is 25.9. The average molecular weight is 306 g/mol. The minimum atomic E-state index is -0.644. The van der Waals surface area contributed by atoms with Crippen LogP contribution in [0.3, 0.4) is 0 Å². The van der Waals surface area contributed by atoms with Gasteiger partial charge in [-0.3, -0.25) is 4.90 Å². The normalized spacial score (nSPS) is 18.3. The van der Waals surface area contributed by atoms with Gasteiger partial charge in [0.05, 0.1) is 18.2 Å². The molecule has 0 radical (unpaired) electrons. The number of esters is 1. The zero-order valence-electron chi connectivity index (χ0n) is 12.9. The van der Waals surface area contributed by atoms with Crippen molar-refractivity contribution in [3.63, 3.8) is 0 Å². The van der Waals surface area contributed by atoms with Crippen LogP contribution >= 0.6 is 0 Å². The molecule has 1 atom stereocenters. The predicted octanol–water partition coefficient (Wildman–Crippen LogP) is 2.75. The maximum absolute atomic E-state index is 13.1. The van der Waals surface area contributed by atoms with Crippen LogP contribution < -0.4 is 5.32 Å². The Labute approximate surface area is 128 Å². The Morgan fingerprint density at radius 2 is 1.95 bits per heavy atom. The van der Waals surface area contributed by atoms with Gasteiger partial charge in [-0.25, -0.2) is 14.0 Å². The van der Waals surface area contributed by atoms with Crippen LogP contribution in [0.2, 0.25) is 0 Å². The number of nitrogens with zero attached hydrogens (tertiary/aromatic N) is 1. The first-order valence-corrected chi connectivity index (χ1v) is 7.21. The predicted molar refractivity (Wildman–Crippen MR) is 79.4 cm³/mol. The number of rotatable bonds is 4. The minimum absolute atomic E-state index is 0.242. The van der Waals surface area contributed by atoms with E-state index in [1.165, 1.54) is 17.0 Å². The quantitative estimate of drug-likeness (QED) is 0.870. The van der Waals surface area contributed by atoms with Gasteiger partial charge in [-0.05, 0) is 38.5 Å². The van der Waals surface area contributed by atoms with Gasteiger partial charge in [0.15, 0.2) is 0 Å². The van der Waals surface area contributed by atoms with Crippen molar-refractivity contribution in [3.8, 4) is 0 Å². The Bertz CT molecular complexity index is 610. The molecule has 1 aliphatic rings. The topological polar surface area (TPSA) is 58.6 Å². The molecule has 1 N–H and O–H groups in total. The zero-order chi connectivity index (χ0) is 16.3. The Balaban J connectivity index is 2.50. The molecular formula is C16H19FN2O3. The number of urea groups is 1. The largest absolute Gasteiger partial charge is 0.463 e. The van der Waals surface area contributed by atoms with Crippen molar-refractivity contribution < 1.29 is 18.7 Å². The van der Waals surface area contributed by atoms with Crippen LogP contribution in [0.25, 0.3) is 0 Å². The molecule has 118 valence electrons. The van der Waals surface area contributed by atoms with Gasteiger partial charge in [0.1, 0.15) is 5.82 Å². The van der Waals surface area contributed by atoms with Crippen LogP contribution in [0.1, 0.15) is 32.4 Å². The van der Waals surface area contributed by atoms with E-state index in [4.69, 9.17) is 4.74 Å². The molecule has 2 amide bonds. The monoisotopic (exact) mass is 306 g/mol. The minimum Gasteiger partial charge on any atom is -0.463 e. The molecule has 0 aliphatic carbocycles. The summed E-state index contributed by atoms with van der Waals surface area (Å²) in [5, 5.41) is 2.78. The summed E-state index contributed by atoms with van der Waals surface area (Å²) >= 11 is 0. The molecule has 6 heteroatoms. The maximum Gasteiger partial charge on any atom is 0.338 e. The van der Waals surface area contributed by atoms with Gasteiger partial charge in [0, 0.05) is 12.2 Å². The van der Waals surface area contributed by atoms with Crippen LogP contribution in [0.15, 0.2) is 35.5 Å². The fourth-order valence-electron chi connectivity index (χ4n) is 2.54. The molecule has 2 rings (SSSR count). The first-order valence-electron chi connectivity index (χ1n) is 7.21. The van der Waals surface area contributed by atoms with E-state index in [-0.39, 0.29) is 18.5 Å². The van der Waals surface area contributed by atoms with Gasteiger partial charge in [-0.15, -0.1) is 0 Å². The number of amides is 2. The van der Waals surface area contributed by atoms with E-state index in [1.54, 1.807) is 26.0 Å². The second-order valence-corrected chi connectivity index (χ2v) is 4.90. The van der Waals surface area contributed by atoms with E-state index in [2.05, 4.69) is 5.32 Å². The van der Waals surface area contributed by atoms with Gasteiger partial charge >= 0.3 is 12.0 Å². The average Bonchev–Trinajstić information content (AvgIpc) is 2.48. The highest BCUT2D eigenvalue weighted by Crippen LogP contribution is 2.31. The Hall–Kier alpha value is -2.37. The summed E-state index contributed by atoms with van der Waals surface area (Å²) in [5.74, 6) is -0.854. The van der Waals surface area contributed by atoms with Crippen LogP contribution in [-0.2, 0) is 9.53 Å². The van der Waals surface area contributed by atoms with Crippen LogP contribution in [0, 0.1) is 5.82 Å². The van der Waals surface area contributed by atoms with Crippen molar-refractivity contribution in [2.75, 3.05) is 13.2 Å². The first-order chi connectivity index (χ1) is 10.5. The van der Waals surface area contributed by atoms with Crippen molar-refractivity contribution >= 4 is 12.0 Å². The third-order valence-electron chi connectivity index (χ3n) is 3.61. The molecule has 1 aromatic carbocycles. The number of carbonyl (C=O) groups excluding carboxylic acids is 2. The van der Waals surface area contributed by atoms with Gasteiger partial charge in [0.2, 0.25) is 0 Å². The summed E-state index contributed by atoms with van der Waals surface area (Å²) in [7, 11) is 0. The summed E-state index contributed by atoms with van der Waals surface area (Å²) in [6.45, 7) is 5.94. The van der Waals surface area contributed by atoms with Crippen LogP contribution in [-0.4, -0.2) is 30.1 Å². The fraction of sp³-hybridized carbons (Fsp3) is 0.375. The zero-order valence-corrected chi connectivity index (χ0v) is 12.9. The number of ether oxygens (including phenoxy) is 1. The molecule has 1 unspecified atom stereocenters. The molecule has 0 saturated carbocycles. The van der Waals surface area contributed by atoms with Gasteiger partial charge in [0.25, 0.3) is 0 Å². The van der Waals surface area contributed by atoms with E-state index in [1.807, 2.05) is 6.92 Å². The number of hydrogen-bond acceptors (Lipinski definition) is 3. The molecule has 0 fully saturated rings. The lowest BCUT2D eigenvalue weighted by Gasteiger charge is -2.34. The lowest BCUT2D eigenvalue weighted by Crippen LogP contribution is -2.47. The second-order valence-electron chi connectivity index (χ2n) is 4.90. The van der Waals surface area contributed by atoms with E-state index in [9.17, 15) is 14.0 Å². The van der Waals surface area contributed by atoms with Crippen molar-refractivity contribution in [1.82, 2.24) is 10.2 Å². The Kier molecular flexibility index (Phi) is 4.80. The lowest BCUT2D eigenvalue weighted by molar-refractivity contribution is -0.139. The highest BCUT2D eigenvalue weighted by atomic mass is 19.1. The van der Waals surface area contributed by atoms with Crippen LogP contribution in [0.5, 0.6) is 0 Å². The highest BCUT2D eigenvalue weighted by Gasteiger charge is 2.35. The van der Waals surface area contributed by atoms with Crippen molar-refractivity contribution in [1.29, 1.82) is 0 Å². The van der Waals surface area contributed by atoms with Gasteiger partial charge < -0.3 is 10.1 Å². The molecular weight excluding hydrogens is 287 g/mol. The second kappa shape index (κ2) is 6.60. The third-order valence-corrected chi connectivity index (χ3v) is 3.61. The molecule has 0 spiro atoms. The standard InChI is InChI=1S/C16H19FN2O3/c1-4-19-10(3)13(15(20)22-5-2)14(18-16(19)21)11-6-8-12(17)9-7-11/h6-9,14H,4-5H2,1-3H3,(H,18,21). The molecule has 1 aliphatic heterocycles. The first kappa shape index (κ1) is 16.0. The van der Waals surface area contributed by atoms with E-state index in [0.29, 0.717) is 23.4 Å². The summed E-state index contributed by atoms with van der Waals surface area (Å²) < 4.78 is 18.2. The third kappa shape index (κ3) is 2.95. The number of hydrogen-bond donors (Lipinski definition) is 1. The number of nitrogens with one attached hydrogen (secondary N) is 1. The highest BCUT2D eigenvalue weighted by molar-refractivity contribution is 5.95. The molecule has 1 heterocycles. The van der Waals surface area contributed by atoms with E-state index in [0.717, 1.165) is 0 Å². The molecule has 1 aromatic rings. The van der Waals surface area contributed by atoms with Crippen molar-refractivity contribution in [3.05, 3.63) is 46.9 Å². The van der Waals surface area contributed by atoms with Crippen LogP contribution in [0.4, 0.5) is 9.18 Å². The fourth-order valence-corrected chi connectivity index (χ4v) is 2.54. The van der Waals surface area contributed by atoms with Gasteiger partial charge in [-0.2, -0.15) is 0 Å². The van der Waals surface area contributed by atoms with Crippen molar-refractivity contribution in [2.24, 2.45) is 0 Å². The van der Waals surface area contributed by atoms with E-state index < -0.39 is 12.0 Å². The van der Waals surface area contributed by atoms with E-state index >= 15 is 0 Å². The maximum atomic E-state index is 13.1. The molecule has 0 bridgehead atoms. The SMILES string of the molecule is CCOC(=O)C1=C(C)N(CC)C(=O)NC1c1ccc(F)cc1. The Morgan fingerprint density at radius 1 is 1.32 bits per heavy atom. The molecule has 0 saturated heterocycles. The lowest BCUT2D eigenvalue weighted by atomic mass is 9.95. The smallest absolute Gasteiger partial charge is 0.338 e. The number of benzene rings is 1. The summed E-state index contributed by atoms with van der Waals surface area (Å²) in [6, 6.07) is 4.76. The number of carbonyl (C=O) groups is 2. The summed E-state index contributed by atoms with van der Waals surface area (Å²) in [5.41, 5.74) is 1.56. The molecule has 22 heavy (non-hydrogen) atoms. The van der Waals surface area contributed by atoms with Crippen molar-refractivity contribution in [2.45, 2.75) is 26.8 Å². The molecule has 5 nitrogen and oxygen atoms in total. The number of halogens is 1.